The van der Waals surface area contributed by atoms with Crippen LogP contribution < -0.4 is 5.32 Å². The number of rotatable bonds is 6. The molecule has 2 N–H and O–H groups in total. The van der Waals surface area contributed by atoms with E-state index < -0.39 is 20.6 Å². The Balaban J connectivity index is 1.57. The largest absolute Gasteiger partial charge is 0.411 e. The second-order valence-electron chi connectivity index (χ2n) is 9.83. The molecule has 0 aliphatic carbocycles. The van der Waals surface area contributed by atoms with Crippen LogP contribution >= 0.6 is 0 Å². The summed E-state index contributed by atoms with van der Waals surface area (Å²) in [4.78, 5) is 25.6. The van der Waals surface area contributed by atoms with Crippen LogP contribution in [0.4, 0.5) is 5.82 Å². The van der Waals surface area contributed by atoms with E-state index in [0.717, 1.165) is 0 Å². The molecule has 1 amide bonds. The number of hydrogen-bond acceptors (Lipinski definition) is 7. The highest BCUT2D eigenvalue weighted by Gasteiger charge is 2.45. The lowest BCUT2D eigenvalue weighted by Gasteiger charge is -2.39. The van der Waals surface area contributed by atoms with Crippen LogP contribution in [-0.2, 0) is 9.16 Å². The van der Waals surface area contributed by atoms with Crippen molar-refractivity contribution in [2.45, 2.75) is 63.8 Å². The molecule has 0 unspecified atom stereocenters. The number of aromatic nitrogens is 4. The van der Waals surface area contributed by atoms with Gasteiger partial charge in [0.1, 0.15) is 18.7 Å². The molecule has 33 heavy (non-hydrogen) atoms. The molecule has 2 aromatic heterocycles. The first kappa shape index (κ1) is 23.5. The molecule has 1 aromatic carbocycles. The van der Waals surface area contributed by atoms with Gasteiger partial charge in [-0.05, 0) is 30.3 Å². The van der Waals surface area contributed by atoms with E-state index in [2.05, 4.69) is 54.1 Å². The molecular formula is C23H31N5O4Si. The first-order chi connectivity index (χ1) is 15.6. The predicted octanol–water partition coefficient (Wildman–Crippen LogP) is 3.75. The number of nitrogens with one attached hydrogen (secondary N) is 1. The normalized spacial score (nSPS) is 21.5. The fourth-order valence-electron chi connectivity index (χ4n) is 3.64. The molecule has 0 spiro atoms. The third kappa shape index (κ3) is 4.69. The van der Waals surface area contributed by atoms with Gasteiger partial charge in [-0.3, -0.25) is 9.36 Å². The van der Waals surface area contributed by atoms with Crippen molar-refractivity contribution < 1.29 is 19.1 Å². The third-order valence-electron chi connectivity index (χ3n) is 6.55. The van der Waals surface area contributed by atoms with E-state index in [9.17, 15) is 9.90 Å². The molecule has 1 aliphatic heterocycles. The van der Waals surface area contributed by atoms with Crippen molar-refractivity contribution in [1.29, 1.82) is 0 Å². The van der Waals surface area contributed by atoms with Crippen molar-refractivity contribution in [2.75, 3.05) is 11.9 Å². The zero-order chi connectivity index (χ0) is 23.8. The van der Waals surface area contributed by atoms with E-state index in [1.54, 1.807) is 30.6 Å². The Labute approximate surface area is 194 Å². The molecule has 1 saturated heterocycles. The quantitative estimate of drug-likeness (QED) is 0.529. The monoisotopic (exact) mass is 469 g/mol. The molecule has 10 heteroatoms. The van der Waals surface area contributed by atoms with Crippen LogP contribution in [0.5, 0.6) is 0 Å². The van der Waals surface area contributed by atoms with Gasteiger partial charge in [-0.1, -0.05) is 39.0 Å². The Bertz CT molecular complexity index is 1130. The Morgan fingerprint density at radius 1 is 1.24 bits per heavy atom. The summed E-state index contributed by atoms with van der Waals surface area (Å²) in [5, 5.41) is 12.8. The summed E-state index contributed by atoms with van der Waals surface area (Å²) < 4.78 is 14.5. The zero-order valence-electron chi connectivity index (χ0n) is 19.6. The molecule has 3 heterocycles. The first-order valence-corrected chi connectivity index (χ1v) is 14.0. The van der Waals surface area contributed by atoms with Crippen LogP contribution in [0.1, 0.15) is 43.8 Å². The number of fused-ring (bicyclic) bond motifs is 1. The molecule has 9 nitrogen and oxygen atoms in total. The predicted molar refractivity (Wildman–Crippen MR) is 127 cm³/mol. The smallest absolute Gasteiger partial charge is 0.256 e. The number of hydrogen-bond donors (Lipinski definition) is 2. The number of ether oxygens (including phenoxy) is 1. The second-order valence-corrected chi connectivity index (χ2v) is 14.6. The maximum Gasteiger partial charge on any atom is 0.256 e. The van der Waals surface area contributed by atoms with Crippen LogP contribution in [0.25, 0.3) is 11.2 Å². The van der Waals surface area contributed by atoms with Gasteiger partial charge in [-0.15, -0.1) is 0 Å². The van der Waals surface area contributed by atoms with Crippen molar-refractivity contribution in [1.82, 2.24) is 19.5 Å². The van der Waals surface area contributed by atoms with Gasteiger partial charge >= 0.3 is 0 Å². The topological polar surface area (TPSA) is 111 Å². The van der Waals surface area contributed by atoms with E-state index >= 15 is 0 Å². The molecule has 1 aliphatic rings. The SMILES string of the molecule is CC(C)(C)[Si](C)(C)O[C@H]1C[C@H](n2cnc3c(NC(=O)c4ccccc4)ncnc32)O[C@@H]1CO. The van der Waals surface area contributed by atoms with E-state index in [1.165, 1.54) is 6.33 Å². The summed E-state index contributed by atoms with van der Waals surface area (Å²) in [6.07, 6.45) is 2.54. The van der Waals surface area contributed by atoms with E-state index in [0.29, 0.717) is 29.0 Å². The van der Waals surface area contributed by atoms with Gasteiger partial charge in [0.25, 0.3) is 5.91 Å². The summed E-state index contributed by atoms with van der Waals surface area (Å²) in [6, 6.07) is 8.92. The van der Waals surface area contributed by atoms with Crippen molar-refractivity contribution >= 4 is 31.2 Å². The fourth-order valence-corrected chi connectivity index (χ4v) is 5.00. The Kier molecular flexibility index (Phi) is 6.36. The molecule has 176 valence electrons. The minimum absolute atomic E-state index is 0.0475. The van der Waals surface area contributed by atoms with Gasteiger partial charge in [-0.2, -0.15) is 0 Å². The molecule has 4 rings (SSSR count). The summed E-state index contributed by atoms with van der Waals surface area (Å²) >= 11 is 0. The van der Waals surface area contributed by atoms with Crippen LogP contribution in [-0.4, -0.2) is 57.7 Å². The first-order valence-electron chi connectivity index (χ1n) is 11.1. The molecule has 0 saturated carbocycles. The van der Waals surface area contributed by atoms with Crippen molar-refractivity contribution in [3.8, 4) is 0 Å². The van der Waals surface area contributed by atoms with Crippen LogP contribution in [0.2, 0.25) is 18.1 Å². The van der Waals surface area contributed by atoms with Crippen LogP contribution in [0.3, 0.4) is 0 Å². The standard InChI is InChI=1S/C23H31N5O4Si/c1-23(2,3)33(4,5)32-16-11-18(31-17(16)12-29)28-14-26-19-20(24-13-25-21(19)28)27-22(30)15-9-7-6-8-10-15/h6-10,13-14,16-18,29H,11-12H2,1-5H3,(H,24,25,27,30)/t16-,17+,18+/m0/s1. The minimum atomic E-state index is -2.04. The molecule has 3 atom stereocenters. The van der Waals surface area contributed by atoms with Crippen molar-refractivity contribution in [2.24, 2.45) is 0 Å². The van der Waals surface area contributed by atoms with E-state index in [-0.39, 0.29) is 23.7 Å². The van der Waals surface area contributed by atoms with Crippen molar-refractivity contribution in [3.05, 3.63) is 48.5 Å². The van der Waals surface area contributed by atoms with Gasteiger partial charge in [0, 0.05) is 12.0 Å². The van der Waals surface area contributed by atoms with Gasteiger partial charge in [0.05, 0.1) is 19.0 Å². The number of benzene rings is 1. The highest BCUT2D eigenvalue weighted by Crippen LogP contribution is 2.41. The van der Waals surface area contributed by atoms with Gasteiger partial charge < -0.3 is 19.6 Å². The molecular weight excluding hydrogens is 438 g/mol. The van der Waals surface area contributed by atoms with E-state index in [4.69, 9.17) is 9.16 Å². The summed E-state index contributed by atoms with van der Waals surface area (Å²) in [5.74, 6) is 0.0591. The lowest BCUT2D eigenvalue weighted by atomic mass is 10.2. The van der Waals surface area contributed by atoms with Crippen LogP contribution in [0.15, 0.2) is 43.0 Å². The molecule has 3 aromatic rings. The number of imidazole rings is 1. The summed E-state index contributed by atoms with van der Waals surface area (Å²) in [6.45, 7) is 10.8. The number of aliphatic hydroxyl groups is 1. The van der Waals surface area contributed by atoms with Crippen molar-refractivity contribution in [3.63, 3.8) is 0 Å². The van der Waals surface area contributed by atoms with E-state index in [1.807, 2.05) is 10.6 Å². The molecule has 0 bridgehead atoms. The average Bonchev–Trinajstić information content (AvgIpc) is 3.37. The number of anilines is 1. The average molecular weight is 470 g/mol. The maximum absolute atomic E-state index is 12.6. The summed E-state index contributed by atoms with van der Waals surface area (Å²) in [7, 11) is -2.04. The Morgan fingerprint density at radius 2 is 1.97 bits per heavy atom. The minimum Gasteiger partial charge on any atom is -0.411 e. The zero-order valence-corrected chi connectivity index (χ0v) is 20.6. The lowest BCUT2D eigenvalue weighted by Crippen LogP contribution is -2.46. The van der Waals surface area contributed by atoms with Gasteiger partial charge in [0.2, 0.25) is 0 Å². The third-order valence-corrected chi connectivity index (χ3v) is 11.1. The molecule has 0 radical (unpaired) electrons. The second kappa shape index (κ2) is 8.94. The number of carbonyl (C=O) groups excluding carboxylic acids is 1. The van der Waals surface area contributed by atoms with Gasteiger partial charge in [0.15, 0.2) is 25.3 Å². The fraction of sp³-hybridized carbons (Fsp3) is 0.478. The number of carbonyl (C=O) groups is 1. The van der Waals surface area contributed by atoms with Gasteiger partial charge in [-0.25, -0.2) is 15.0 Å². The lowest BCUT2D eigenvalue weighted by molar-refractivity contribution is -0.0410. The maximum atomic E-state index is 12.6. The Hall–Kier alpha value is -2.66. The highest BCUT2D eigenvalue weighted by atomic mass is 28.4. The summed E-state index contributed by atoms with van der Waals surface area (Å²) in [5.41, 5.74) is 1.54. The number of aliphatic hydroxyl groups excluding tert-OH is 1. The Morgan fingerprint density at radius 3 is 2.64 bits per heavy atom. The number of amides is 1. The highest BCUT2D eigenvalue weighted by molar-refractivity contribution is 6.74. The molecule has 1 fully saturated rings. The van der Waals surface area contributed by atoms with Crippen LogP contribution in [0, 0.1) is 0 Å². The number of nitrogens with zero attached hydrogens (tertiary/aromatic N) is 4.